The van der Waals surface area contributed by atoms with Crippen LogP contribution < -0.4 is 5.32 Å². The zero-order valence-corrected chi connectivity index (χ0v) is 14.3. The summed E-state index contributed by atoms with van der Waals surface area (Å²) in [7, 11) is 0. The Labute approximate surface area is 148 Å². The molecule has 3 unspecified atom stereocenters. The Kier molecular flexibility index (Phi) is 4.74. The van der Waals surface area contributed by atoms with E-state index in [1.54, 1.807) is 6.26 Å². The number of furan rings is 1. The van der Waals surface area contributed by atoms with Crippen LogP contribution in [0.4, 0.5) is 4.79 Å². The molecule has 2 saturated heterocycles. The first-order valence-corrected chi connectivity index (χ1v) is 9.03. The molecule has 4 rings (SSSR count). The third-order valence-corrected chi connectivity index (χ3v) is 5.37. The van der Waals surface area contributed by atoms with Gasteiger partial charge in [-0.1, -0.05) is 30.3 Å². The number of likely N-dealkylation sites (tertiary alicyclic amines) is 1. The Morgan fingerprint density at radius 3 is 2.72 bits per heavy atom. The van der Waals surface area contributed by atoms with E-state index in [1.807, 2.05) is 47.4 Å². The van der Waals surface area contributed by atoms with Crippen LogP contribution in [0, 0.1) is 11.8 Å². The standard InChI is InChI=1S/C20H24N2O3/c23-20(22-10-8-16(13-22)17-9-12-24-14-17)21-19(18-7-4-11-25-18)15-5-2-1-3-6-15/h1-7,11,16-17,19H,8-10,12-14H2,(H,21,23). The van der Waals surface area contributed by atoms with Crippen molar-refractivity contribution in [1.82, 2.24) is 10.2 Å². The Hall–Kier alpha value is -2.27. The maximum Gasteiger partial charge on any atom is 0.318 e. The number of ether oxygens (including phenoxy) is 1. The van der Waals surface area contributed by atoms with Crippen LogP contribution in [0.1, 0.15) is 30.2 Å². The van der Waals surface area contributed by atoms with E-state index in [2.05, 4.69) is 5.32 Å². The first-order valence-electron chi connectivity index (χ1n) is 9.03. The largest absolute Gasteiger partial charge is 0.467 e. The van der Waals surface area contributed by atoms with Gasteiger partial charge in [-0.05, 0) is 42.4 Å². The van der Waals surface area contributed by atoms with Crippen molar-refractivity contribution in [2.24, 2.45) is 11.8 Å². The lowest BCUT2D eigenvalue weighted by atomic mass is 9.91. The molecule has 0 spiro atoms. The van der Waals surface area contributed by atoms with E-state index in [4.69, 9.17) is 9.15 Å². The molecule has 2 amide bonds. The molecule has 25 heavy (non-hydrogen) atoms. The Bertz CT molecular complexity index is 680. The van der Waals surface area contributed by atoms with Gasteiger partial charge in [0, 0.05) is 26.3 Å². The van der Waals surface area contributed by atoms with Gasteiger partial charge in [-0.25, -0.2) is 4.79 Å². The molecular formula is C20H24N2O3. The number of carbonyl (C=O) groups is 1. The molecule has 1 aromatic carbocycles. The zero-order chi connectivity index (χ0) is 17.1. The van der Waals surface area contributed by atoms with Gasteiger partial charge in [-0.15, -0.1) is 0 Å². The lowest BCUT2D eigenvalue weighted by molar-refractivity contribution is 0.170. The van der Waals surface area contributed by atoms with Gasteiger partial charge in [-0.2, -0.15) is 0 Å². The van der Waals surface area contributed by atoms with E-state index >= 15 is 0 Å². The van der Waals surface area contributed by atoms with E-state index in [9.17, 15) is 4.79 Å². The summed E-state index contributed by atoms with van der Waals surface area (Å²) in [5.74, 6) is 1.92. The van der Waals surface area contributed by atoms with Crippen molar-refractivity contribution in [3.63, 3.8) is 0 Å². The Morgan fingerprint density at radius 1 is 1.12 bits per heavy atom. The van der Waals surface area contributed by atoms with Crippen LogP contribution in [-0.2, 0) is 4.74 Å². The molecule has 3 atom stereocenters. The minimum absolute atomic E-state index is 0.0216. The van der Waals surface area contributed by atoms with Crippen molar-refractivity contribution < 1.29 is 13.9 Å². The highest BCUT2D eigenvalue weighted by Gasteiger charge is 2.34. The summed E-state index contributed by atoms with van der Waals surface area (Å²) >= 11 is 0. The van der Waals surface area contributed by atoms with E-state index in [-0.39, 0.29) is 12.1 Å². The number of benzene rings is 1. The number of rotatable bonds is 4. The van der Waals surface area contributed by atoms with Crippen molar-refractivity contribution in [2.75, 3.05) is 26.3 Å². The molecule has 1 N–H and O–H groups in total. The van der Waals surface area contributed by atoms with Crippen molar-refractivity contribution >= 4 is 6.03 Å². The number of urea groups is 1. The van der Waals surface area contributed by atoms with E-state index in [0.29, 0.717) is 11.8 Å². The van der Waals surface area contributed by atoms with Gasteiger partial charge >= 0.3 is 6.03 Å². The van der Waals surface area contributed by atoms with Crippen LogP contribution in [0.3, 0.4) is 0 Å². The quantitative estimate of drug-likeness (QED) is 0.928. The maximum atomic E-state index is 12.8. The number of hydrogen-bond donors (Lipinski definition) is 1. The highest BCUT2D eigenvalue weighted by Crippen LogP contribution is 2.30. The van der Waals surface area contributed by atoms with Crippen LogP contribution in [0.25, 0.3) is 0 Å². The van der Waals surface area contributed by atoms with Crippen LogP contribution in [0.5, 0.6) is 0 Å². The fourth-order valence-electron chi connectivity index (χ4n) is 3.92. The molecule has 1 aromatic heterocycles. The molecule has 0 saturated carbocycles. The fraction of sp³-hybridized carbons (Fsp3) is 0.450. The summed E-state index contributed by atoms with van der Waals surface area (Å²) < 4.78 is 11.1. The third kappa shape index (κ3) is 3.56. The predicted molar refractivity (Wildman–Crippen MR) is 94.1 cm³/mol. The molecular weight excluding hydrogens is 316 g/mol. The third-order valence-electron chi connectivity index (χ3n) is 5.37. The van der Waals surface area contributed by atoms with Crippen molar-refractivity contribution in [1.29, 1.82) is 0 Å². The molecule has 2 aliphatic rings. The minimum atomic E-state index is -0.266. The fourth-order valence-corrected chi connectivity index (χ4v) is 3.92. The summed E-state index contributed by atoms with van der Waals surface area (Å²) in [4.78, 5) is 14.8. The molecule has 2 aromatic rings. The van der Waals surface area contributed by atoms with Gasteiger partial charge in [0.25, 0.3) is 0 Å². The second-order valence-electron chi connectivity index (χ2n) is 6.93. The maximum absolute atomic E-state index is 12.8. The van der Waals surface area contributed by atoms with Gasteiger partial charge in [0.2, 0.25) is 0 Å². The summed E-state index contributed by atoms with van der Waals surface area (Å²) in [6.45, 7) is 3.34. The number of nitrogens with one attached hydrogen (secondary N) is 1. The first-order chi connectivity index (χ1) is 12.3. The molecule has 2 aliphatic heterocycles. The molecule has 0 radical (unpaired) electrons. The molecule has 5 heteroatoms. The van der Waals surface area contributed by atoms with Crippen LogP contribution in [-0.4, -0.2) is 37.2 Å². The lowest BCUT2D eigenvalue weighted by Gasteiger charge is -2.23. The number of hydrogen-bond acceptors (Lipinski definition) is 3. The van der Waals surface area contributed by atoms with Gasteiger partial charge in [0.1, 0.15) is 11.8 Å². The summed E-state index contributed by atoms with van der Waals surface area (Å²) in [5.41, 5.74) is 1.02. The molecule has 5 nitrogen and oxygen atoms in total. The van der Waals surface area contributed by atoms with Crippen LogP contribution in [0.2, 0.25) is 0 Å². The second-order valence-corrected chi connectivity index (χ2v) is 6.93. The highest BCUT2D eigenvalue weighted by molar-refractivity contribution is 5.75. The zero-order valence-electron chi connectivity index (χ0n) is 14.3. The second kappa shape index (κ2) is 7.31. The van der Waals surface area contributed by atoms with E-state index < -0.39 is 0 Å². The topological polar surface area (TPSA) is 54.7 Å². The highest BCUT2D eigenvalue weighted by atomic mass is 16.5. The monoisotopic (exact) mass is 340 g/mol. The number of carbonyl (C=O) groups excluding carboxylic acids is 1. The summed E-state index contributed by atoms with van der Waals surface area (Å²) in [5, 5.41) is 3.15. The van der Waals surface area contributed by atoms with Crippen molar-refractivity contribution in [2.45, 2.75) is 18.9 Å². The van der Waals surface area contributed by atoms with E-state index in [1.165, 1.54) is 0 Å². The average Bonchev–Trinajstić information content (AvgIpc) is 3.42. The van der Waals surface area contributed by atoms with Crippen molar-refractivity contribution in [3.05, 3.63) is 60.1 Å². The van der Waals surface area contributed by atoms with Gasteiger partial charge < -0.3 is 19.4 Å². The van der Waals surface area contributed by atoms with Crippen LogP contribution >= 0.6 is 0 Å². The van der Waals surface area contributed by atoms with Crippen LogP contribution in [0.15, 0.2) is 53.1 Å². The summed E-state index contributed by atoms with van der Waals surface area (Å²) in [6.07, 6.45) is 3.83. The lowest BCUT2D eigenvalue weighted by Crippen LogP contribution is -2.41. The van der Waals surface area contributed by atoms with E-state index in [0.717, 1.165) is 50.5 Å². The first kappa shape index (κ1) is 16.2. The normalized spacial score (nSPS) is 24.4. The Balaban J connectivity index is 1.44. The molecule has 132 valence electrons. The average molecular weight is 340 g/mol. The SMILES string of the molecule is O=C(NC(c1ccccc1)c1ccco1)N1CCC(C2CCOC2)C1. The Morgan fingerprint density at radius 2 is 2.00 bits per heavy atom. The molecule has 0 aliphatic carbocycles. The molecule has 0 bridgehead atoms. The predicted octanol–water partition coefficient (Wildman–Crippen LogP) is 3.44. The van der Waals surface area contributed by atoms with Crippen molar-refractivity contribution in [3.8, 4) is 0 Å². The number of nitrogens with zero attached hydrogens (tertiary/aromatic N) is 1. The summed E-state index contributed by atoms with van der Waals surface area (Å²) in [6, 6.07) is 13.4. The molecule has 3 heterocycles. The smallest absolute Gasteiger partial charge is 0.318 e. The molecule has 2 fully saturated rings. The number of amides is 2. The minimum Gasteiger partial charge on any atom is -0.467 e. The van der Waals surface area contributed by atoms with Gasteiger partial charge in [0.15, 0.2) is 0 Å². The van der Waals surface area contributed by atoms with Gasteiger partial charge in [0.05, 0.1) is 6.26 Å². The van der Waals surface area contributed by atoms with Gasteiger partial charge in [-0.3, -0.25) is 0 Å².